The van der Waals surface area contributed by atoms with Gasteiger partial charge in [-0.1, -0.05) is 18.2 Å². The Morgan fingerprint density at radius 1 is 1.00 bits per heavy atom. The van der Waals surface area contributed by atoms with Crippen LogP contribution in [0.15, 0.2) is 54.6 Å². The third-order valence-corrected chi connectivity index (χ3v) is 4.31. The third-order valence-electron chi connectivity index (χ3n) is 4.31. The highest BCUT2D eigenvalue weighted by molar-refractivity contribution is 5.22. The average Bonchev–Trinajstić information content (AvgIpc) is 2.64. The van der Waals surface area contributed by atoms with Crippen molar-refractivity contribution in [2.45, 2.75) is 25.0 Å². The number of halogens is 1. The van der Waals surface area contributed by atoms with Crippen LogP contribution in [0.3, 0.4) is 0 Å². The van der Waals surface area contributed by atoms with E-state index in [1.54, 1.807) is 12.1 Å². The second kappa shape index (κ2) is 8.83. The summed E-state index contributed by atoms with van der Waals surface area (Å²) in [4.78, 5) is 2.23. The van der Waals surface area contributed by atoms with Gasteiger partial charge in [0.1, 0.15) is 36.1 Å². The van der Waals surface area contributed by atoms with Crippen LogP contribution in [0.1, 0.15) is 12.8 Å². The van der Waals surface area contributed by atoms with Gasteiger partial charge in [-0.05, 0) is 49.2 Å². The Labute approximate surface area is 147 Å². The van der Waals surface area contributed by atoms with Crippen molar-refractivity contribution in [1.29, 1.82) is 0 Å². The molecular weight excluding hydrogens is 321 g/mol. The molecule has 1 N–H and O–H groups in total. The number of piperidine rings is 1. The molecule has 0 aromatic heterocycles. The van der Waals surface area contributed by atoms with E-state index in [1.807, 2.05) is 30.3 Å². The lowest BCUT2D eigenvalue weighted by atomic mass is 10.1. The number of hydrogen-bond donors (Lipinski definition) is 1. The van der Waals surface area contributed by atoms with E-state index in [1.165, 1.54) is 12.1 Å². The molecule has 0 bridgehead atoms. The van der Waals surface area contributed by atoms with Crippen LogP contribution in [0, 0.1) is 5.82 Å². The molecule has 0 amide bonds. The summed E-state index contributed by atoms with van der Waals surface area (Å²) < 4.78 is 24.4. The minimum Gasteiger partial charge on any atom is -0.491 e. The Hall–Kier alpha value is -2.11. The maximum atomic E-state index is 12.9. The van der Waals surface area contributed by atoms with Crippen molar-refractivity contribution in [2.24, 2.45) is 0 Å². The van der Waals surface area contributed by atoms with E-state index in [2.05, 4.69) is 4.90 Å². The van der Waals surface area contributed by atoms with Gasteiger partial charge in [-0.2, -0.15) is 0 Å². The Morgan fingerprint density at radius 2 is 1.68 bits per heavy atom. The van der Waals surface area contributed by atoms with Gasteiger partial charge < -0.3 is 19.5 Å². The fourth-order valence-corrected chi connectivity index (χ4v) is 2.98. The highest BCUT2D eigenvalue weighted by Crippen LogP contribution is 2.19. The van der Waals surface area contributed by atoms with Crippen molar-refractivity contribution in [3.05, 3.63) is 60.4 Å². The molecule has 1 aliphatic heterocycles. The summed E-state index contributed by atoms with van der Waals surface area (Å²) >= 11 is 0. The zero-order valence-corrected chi connectivity index (χ0v) is 14.2. The van der Waals surface area contributed by atoms with Crippen LogP contribution in [0.5, 0.6) is 11.5 Å². The van der Waals surface area contributed by atoms with Gasteiger partial charge in [0, 0.05) is 19.6 Å². The zero-order chi connectivity index (χ0) is 17.5. The maximum absolute atomic E-state index is 12.9. The van der Waals surface area contributed by atoms with E-state index >= 15 is 0 Å². The van der Waals surface area contributed by atoms with Crippen LogP contribution >= 0.6 is 0 Å². The van der Waals surface area contributed by atoms with E-state index in [9.17, 15) is 9.50 Å². The van der Waals surface area contributed by atoms with Gasteiger partial charge in [0.2, 0.25) is 0 Å². The Bertz CT molecular complexity index is 627. The molecule has 3 rings (SSSR count). The van der Waals surface area contributed by atoms with E-state index in [0.717, 1.165) is 31.7 Å². The summed E-state index contributed by atoms with van der Waals surface area (Å²) in [7, 11) is 0. The molecule has 134 valence electrons. The molecule has 0 aliphatic carbocycles. The van der Waals surface area contributed by atoms with Gasteiger partial charge in [-0.25, -0.2) is 4.39 Å². The Balaban J connectivity index is 1.36. The molecule has 0 radical (unpaired) electrons. The largest absolute Gasteiger partial charge is 0.491 e. The van der Waals surface area contributed by atoms with Gasteiger partial charge in [0.05, 0.1) is 0 Å². The summed E-state index contributed by atoms with van der Waals surface area (Å²) in [5.74, 6) is 1.22. The Kier molecular flexibility index (Phi) is 6.25. The quantitative estimate of drug-likeness (QED) is 0.837. The fourth-order valence-electron chi connectivity index (χ4n) is 2.98. The number of likely N-dealkylation sites (tertiary alicyclic amines) is 1. The first-order valence-electron chi connectivity index (χ1n) is 8.69. The molecular formula is C20H24FNO3. The molecule has 1 saturated heterocycles. The van der Waals surface area contributed by atoms with Gasteiger partial charge in [0.15, 0.2) is 0 Å². The summed E-state index contributed by atoms with van der Waals surface area (Å²) in [6, 6.07) is 15.7. The molecule has 0 spiro atoms. The van der Waals surface area contributed by atoms with Crippen molar-refractivity contribution in [2.75, 3.05) is 26.2 Å². The van der Waals surface area contributed by atoms with E-state index in [0.29, 0.717) is 12.3 Å². The summed E-state index contributed by atoms with van der Waals surface area (Å²) in [5.41, 5.74) is 0. The van der Waals surface area contributed by atoms with Crippen molar-refractivity contribution in [3.63, 3.8) is 0 Å². The maximum Gasteiger partial charge on any atom is 0.123 e. The number of β-amino-alcohol motifs (C(OH)–C–C–N with tert-alkyl or cyclic N) is 1. The van der Waals surface area contributed by atoms with Gasteiger partial charge in [-0.3, -0.25) is 0 Å². The van der Waals surface area contributed by atoms with Crippen molar-refractivity contribution < 1.29 is 19.0 Å². The first-order chi connectivity index (χ1) is 12.2. The molecule has 4 nitrogen and oxygen atoms in total. The lowest BCUT2D eigenvalue weighted by Crippen LogP contribution is -2.43. The molecule has 2 aromatic rings. The topological polar surface area (TPSA) is 41.9 Å². The minimum absolute atomic E-state index is 0.138. The highest BCUT2D eigenvalue weighted by atomic mass is 19.1. The van der Waals surface area contributed by atoms with Crippen molar-refractivity contribution in [3.8, 4) is 11.5 Å². The van der Waals surface area contributed by atoms with Gasteiger partial charge in [-0.15, -0.1) is 0 Å². The smallest absolute Gasteiger partial charge is 0.123 e. The minimum atomic E-state index is -0.519. The van der Waals surface area contributed by atoms with Gasteiger partial charge in [0.25, 0.3) is 0 Å². The van der Waals surface area contributed by atoms with Gasteiger partial charge >= 0.3 is 0 Å². The Morgan fingerprint density at radius 3 is 2.36 bits per heavy atom. The second-order valence-electron chi connectivity index (χ2n) is 6.35. The standard InChI is InChI=1S/C20H24FNO3/c21-16-6-8-19(9-7-16)25-20-10-12-22(13-11-20)14-17(23)15-24-18-4-2-1-3-5-18/h1-9,17,20,23H,10-15H2. The molecule has 1 aliphatic rings. The third kappa shape index (κ3) is 5.73. The average molecular weight is 345 g/mol. The normalized spacial score (nSPS) is 17.2. The number of rotatable bonds is 7. The first-order valence-corrected chi connectivity index (χ1v) is 8.69. The van der Waals surface area contributed by atoms with Crippen LogP contribution in [-0.2, 0) is 0 Å². The van der Waals surface area contributed by atoms with Crippen molar-refractivity contribution >= 4 is 0 Å². The van der Waals surface area contributed by atoms with Crippen LogP contribution in [0.4, 0.5) is 4.39 Å². The molecule has 1 unspecified atom stereocenters. The molecule has 2 aromatic carbocycles. The number of aliphatic hydroxyl groups is 1. The summed E-state index contributed by atoms with van der Waals surface area (Å²) in [5, 5.41) is 10.2. The molecule has 25 heavy (non-hydrogen) atoms. The van der Waals surface area contributed by atoms with Crippen LogP contribution in [0.25, 0.3) is 0 Å². The van der Waals surface area contributed by atoms with E-state index < -0.39 is 6.10 Å². The van der Waals surface area contributed by atoms with Crippen LogP contribution < -0.4 is 9.47 Å². The van der Waals surface area contributed by atoms with E-state index in [4.69, 9.17) is 9.47 Å². The van der Waals surface area contributed by atoms with Crippen molar-refractivity contribution in [1.82, 2.24) is 4.90 Å². The molecule has 1 atom stereocenters. The lowest BCUT2D eigenvalue weighted by molar-refractivity contribution is 0.0401. The van der Waals surface area contributed by atoms with E-state index in [-0.39, 0.29) is 18.5 Å². The lowest BCUT2D eigenvalue weighted by Gasteiger charge is -2.33. The number of nitrogens with zero attached hydrogens (tertiary/aromatic N) is 1. The fraction of sp³-hybridized carbons (Fsp3) is 0.400. The number of para-hydroxylation sites is 1. The summed E-state index contributed by atoms with van der Waals surface area (Å²) in [6.45, 7) is 2.62. The predicted molar refractivity (Wildman–Crippen MR) is 94.4 cm³/mol. The SMILES string of the molecule is OC(COc1ccccc1)CN1CCC(Oc2ccc(F)cc2)CC1. The van der Waals surface area contributed by atoms with Crippen LogP contribution in [-0.4, -0.2) is 48.5 Å². The molecule has 1 fully saturated rings. The first kappa shape index (κ1) is 17.7. The highest BCUT2D eigenvalue weighted by Gasteiger charge is 2.22. The second-order valence-corrected chi connectivity index (χ2v) is 6.35. The van der Waals surface area contributed by atoms with Crippen LogP contribution in [0.2, 0.25) is 0 Å². The molecule has 0 saturated carbocycles. The summed E-state index contributed by atoms with van der Waals surface area (Å²) in [6.07, 6.45) is 1.40. The zero-order valence-electron chi connectivity index (χ0n) is 14.2. The monoisotopic (exact) mass is 345 g/mol. The number of ether oxygens (including phenoxy) is 2. The molecule has 1 heterocycles. The predicted octanol–water partition coefficient (Wildman–Crippen LogP) is 3.11. The number of aliphatic hydroxyl groups excluding tert-OH is 1. The number of hydrogen-bond acceptors (Lipinski definition) is 4. The number of benzene rings is 2. The molecule has 5 heteroatoms.